The van der Waals surface area contributed by atoms with Gasteiger partial charge in [-0.15, -0.1) is 0 Å². The van der Waals surface area contributed by atoms with Crippen LogP contribution >= 0.6 is 0 Å². The van der Waals surface area contributed by atoms with Crippen LogP contribution in [-0.2, 0) is 22.7 Å². The molecular weight excluding hydrogens is 454 g/mol. The minimum absolute atomic E-state index is 0.0576. The van der Waals surface area contributed by atoms with Gasteiger partial charge in [-0.2, -0.15) is 4.98 Å². The van der Waals surface area contributed by atoms with Crippen LogP contribution in [-0.4, -0.2) is 68.7 Å². The van der Waals surface area contributed by atoms with Gasteiger partial charge in [0.25, 0.3) is 0 Å². The van der Waals surface area contributed by atoms with E-state index in [9.17, 15) is 9.59 Å². The summed E-state index contributed by atoms with van der Waals surface area (Å²) in [7, 11) is 0. The first kappa shape index (κ1) is 24.1. The topological polar surface area (TPSA) is 94.6 Å². The van der Waals surface area contributed by atoms with Crippen molar-refractivity contribution >= 4 is 34.9 Å². The molecule has 2 aliphatic rings. The Morgan fingerprint density at radius 2 is 2.03 bits per heavy atom. The van der Waals surface area contributed by atoms with E-state index in [-0.39, 0.29) is 18.0 Å². The molecule has 1 unspecified atom stereocenters. The first-order chi connectivity index (χ1) is 17.4. The van der Waals surface area contributed by atoms with Crippen LogP contribution in [0, 0.1) is 0 Å². The summed E-state index contributed by atoms with van der Waals surface area (Å²) in [5, 5.41) is 4.62. The van der Waals surface area contributed by atoms with E-state index in [0.717, 1.165) is 39.8 Å². The number of hydrogen-bond acceptors (Lipinski definition) is 8. The zero-order chi connectivity index (χ0) is 25.4. The molecule has 188 valence electrons. The minimum Gasteiger partial charge on any atom is -0.365 e. The Kier molecular flexibility index (Phi) is 6.57. The molecule has 1 amide bonds. The number of benzene rings is 1. The molecule has 0 spiro atoms. The Bertz CT molecular complexity index is 1290. The van der Waals surface area contributed by atoms with E-state index >= 15 is 0 Å². The van der Waals surface area contributed by atoms with Crippen LogP contribution in [0.2, 0.25) is 0 Å². The standard InChI is InChI=1S/C27H33N7O2/c1-17(2)34-15-22-25(24(34)16-35)30-27(32-9-10-33(19(4)36)18(3)14-32)31-26(22)29-13-20-11-21-7-5-6-8-23(21)28-12-20/h5-8,11-12,16-18,24H,9-10,13-15H2,1-4H3,(H,29,30,31)/t18?,24-/m0/s1. The molecule has 2 aliphatic heterocycles. The van der Waals surface area contributed by atoms with Gasteiger partial charge >= 0.3 is 0 Å². The molecule has 4 heterocycles. The van der Waals surface area contributed by atoms with Crippen LogP contribution in [0.1, 0.15) is 50.6 Å². The second-order valence-corrected chi connectivity index (χ2v) is 9.98. The summed E-state index contributed by atoms with van der Waals surface area (Å²) >= 11 is 0. The number of para-hydroxylation sites is 1. The van der Waals surface area contributed by atoms with Gasteiger partial charge in [-0.05, 0) is 38.5 Å². The number of piperazine rings is 1. The number of carbonyl (C=O) groups is 2. The van der Waals surface area contributed by atoms with Crippen LogP contribution in [0.4, 0.5) is 11.8 Å². The van der Waals surface area contributed by atoms with E-state index in [4.69, 9.17) is 9.97 Å². The highest BCUT2D eigenvalue weighted by Gasteiger charge is 2.37. The predicted octanol–water partition coefficient (Wildman–Crippen LogP) is 3.16. The van der Waals surface area contributed by atoms with E-state index in [0.29, 0.717) is 38.7 Å². The molecule has 2 aromatic heterocycles. The van der Waals surface area contributed by atoms with E-state index < -0.39 is 6.04 Å². The summed E-state index contributed by atoms with van der Waals surface area (Å²) in [5.74, 6) is 1.43. The summed E-state index contributed by atoms with van der Waals surface area (Å²) < 4.78 is 0. The van der Waals surface area contributed by atoms with Gasteiger partial charge in [-0.1, -0.05) is 18.2 Å². The SMILES string of the molecule is CC(=O)N1CCN(c2nc(NCc3cnc4ccccc4c3)c3c(n2)[C@H](C=O)N(C(C)C)C3)CC1C. The quantitative estimate of drug-likeness (QED) is 0.530. The highest BCUT2D eigenvalue weighted by molar-refractivity contribution is 5.79. The van der Waals surface area contributed by atoms with Crippen molar-refractivity contribution in [2.75, 3.05) is 29.9 Å². The van der Waals surface area contributed by atoms with E-state index in [1.807, 2.05) is 36.2 Å². The third kappa shape index (κ3) is 4.51. The van der Waals surface area contributed by atoms with Crippen LogP contribution < -0.4 is 10.2 Å². The molecule has 0 aliphatic carbocycles. The fraction of sp³-hybridized carbons (Fsp3) is 0.444. The number of amides is 1. The Balaban J connectivity index is 1.47. The predicted molar refractivity (Wildman–Crippen MR) is 140 cm³/mol. The molecule has 1 aromatic carbocycles. The Morgan fingerprint density at radius 3 is 2.75 bits per heavy atom. The fourth-order valence-electron chi connectivity index (χ4n) is 5.27. The van der Waals surface area contributed by atoms with Crippen molar-refractivity contribution in [3.05, 3.63) is 53.3 Å². The lowest BCUT2D eigenvalue weighted by molar-refractivity contribution is -0.131. The maximum atomic E-state index is 12.2. The summed E-state index contributed by atoms with van der Waals surface area (Å²) in [4.78, 5) is 44.7. The number of nitrogens with zero attached hydrogens (tertiary/aromatic N) is 6. The number of rotatable bonds is 6. The number of aldehydes is 1. The Morgan fingerprint density at radius 1 is 1.22 bits per heavy atom. The second-order valence-electron chi connectivity index (χ2n) is 9.98. The molecular formula is C27H33N7O2. The van der Waals surface area contributed by atoms with Gasteiger partial charge in [0.1, 0.15) is 18.1 Å². The normalized spacial score (nSPS) is 20.1. The zero-order valence-corrected chi connectivity index (χ0v) is 21.3. The fourth-order valence-corrected chi connectivity index (χ4v) is 5.27. The summed E-state index contributed by atoms with van der Waals surface area (Å²) in [5.41, 5.74) is 3.75. The molecule has 1 N–H and O–H groups in total. The number of hydrogen-bond donors (Lipinski definition) is 1. The van der Waals surface area contributed by atoms with Crippen LogP contribution in [0.15, 0.2) is 36.5 Å². The van der Waals surface area contributed by atoms with Crippen molar-refractivity contribution in [3.63, 3.8) is 0 Å². The van der Waals surface area contributed by atoms with Gasteiger partial charge in [-0.25, -0.2) is 4.98 Å². The van der Waals surface area contributed by atoms with Gasteiger partial charge in [0.05, 0.1) is 11.2 Å². The van der Waals surface area contributed by atoms with Gasteiger partial charge in [-0.3, -0.25) is 14.7 Å². The molecule has 2 atom stereocenters. The lowest BCUT2D eigenvalue weighted by Crippen LogP contribution is -2.54. The van der Waals surface area contributed by atoms with Crippen molar-refractivity contribution in [2.45, 2.75) is 58.9 Å². The summed E-state index contributed by atoms with van der Waals surface area (Å²) in [6, 6.07) is 10.0. The van der Waals surface area contributed by atoms with E-state index in [1.54, 1.807) is 6.92 Å². The molecule has 9 heteroatoms. The third-order valence-corrected chi connectivity index (χ3v) is 7.22. The monoisotopic (exact) mass is 487 g/mol. The van der Waals surface area contributed by atoms with Crippen molar-refractivity contribution in [2.24, 2.45) is 0 Å². The first-order valence-electron chi connectivity index (χ1n) is 12.6. The number of carbonyl (C=O) groups excluding carboxylic acids is 2. The Labute approximate surface area is 211 Å². The van der Waals surface area contributed by atoms with Crippen molar-refractivity contribution in [1.29, 1.82) is 0 Å². The maximum absolute atomic E-state index is 12.2. The number of anilines is 2. The number of aromatic nitrogens is 3. The summed E-state index contributed by atoms with van der Waals surface area (Å²) in [6.07, 6.45) is 2.87. The van der Waals surface area contributed by atoms with Crippen LogP contribution in [0.5, 0.6) is 0 Å². The molecule has 0 bridgehead atoms. The lowest BCUT2D eigenvalue weighted by Gasteiger charge is -2.39. The Hall–Kier alpha value is -3.59. The van der Waals surface area contributed by atoms with E-state index in [2.05, 4.69) is 46.1 Å². The molecule has 0 saturated carbocycles. The smallest absolute Gasteiger partial charge is 0.227 e. The highest BCUT2D eigenvalue weighted by atomic mass is 16.2. The van der Waals surface area contributed by atoms with Gasteiger partial charge < -0.3 is 19.9 Å². The molecule has 9 nitrogen and oxygen atoms in total. The maximum Gasteiger partial charge on any atom is 0.227 e. The van der Waals surface area contributed by atoms with Gasteiger partial charge in [0.2, 0.25) is 11.9 Å². The number of fused-ring (bicyclic) bond motifs is 2. The largest absolute Gasteiger partial charge is 0.365 e. The molecule has 36 heavy (non-hydrogen) atoms. The molecule has 3 aromatic rings. The molecule has 5 rings (SSSR count). The summed E-state index contributed by atoms with van der Waals surface area (Å²) in [6.45, 7) is 10.9. The first-order valence-corrected chi connectivity index (χ1v) is 12.6. The van der Waals surface area contributed by atoms with Crippen molar-refractivity contribution in [1.82, 2.24) is 24.8 Å². The third-order valence-electron chi connectivity index (χ3n) is 7.22. The lowest BCUT2D eigenvalue weighted by atomic mass is 10.1. The average Bonchev–Trinajstić information content (AvgIpc) is 3.26. The van der Waals surface area contributed by atoms with Crippen molar-refractivity contribution in [3.8, 4) is 0 Å². The highest BCUT2D eigenvalue weighted by Crippen LogP contribution is 2.37. The molecule has 0 radical (unpaired) electrons. The minimum atomic E-state index is -0.402. The second kappa shape index (κ2) is 9.81. The van der Waals surface area contributed by atoms with Gasteiger partial charge in [0.15, 0.2) is 0 Å². The molecule has 1 saturated heterocycles. The van der Waals surface area contributed by atoms with E-state index in [1.165, 1.54) is 0 Å². The molecule has 1 fully saturated rings. The zero-order valence-electron chi connectivity index (χ0n) is 21.3. The van der Waals surface area contributed by atoms with Gasteiger partial charge in [0, 0.05) is 68.9 Å². The average molecular weight is 488 g/mol. The van der Waals surface area contributed by atoms with Crippen molar-refractivity contribution < 1.29 is 9.59 Å². The van der Waals surface area contributed by atoms with Crippen LogP contribution in [0.25, 0.3) is 10.9 Å². The number of nitrogens with one attached hydrogen (secondary N) is 1. The number of pyridine rings is 1. The van der Waals surface area contributed by atoms with Crippen LogP contribution in [0.3, 0.4) is 0 Å².